The van der Waals surface area contributed by atoms with Gasteiger partial charge in [-0.15, -0.1) is 0 Å². The molecule has 0 bridgehead atoms. The van der Waals surface area contributed by atoms with Crippen LogP contribution in [0.4, 0.5) is 5.69 Å². The number of fused-ring (bicyclic) bond motifs is 4. The first-order valence-electron chi connectivity index (χ1n) is 16.1. The first-order chi connectivity index (χ1) is 23.1. The minimum atomic E-state index is -4.41. The molecule has 3 heterocycles. The summed E-state index contributed by atoms with van der Waals surface area (Å²) in [6.45, 7) is 9.72. The van der Waals surface area contributed by atoms with Gasteiger partial charge in [-0.1, -0.05) is 25.1 Å². The van der Waals surface area contributed by atoms with E-state index in [0.29, 0.717) is 78.7 Å². The number of aryl methyl sites for hydroxylation is 1. The van der Waals surface area contributed by atoms with Crippen LogP contribution < -0.4 is 24.8 Å². The van der Waals surface area contributed by atoms with Crippen LogP contribution in [0.3, 0.4) is 0 Å². The number of carbonyl (C=O) groups excluding carboxylic acids is 1. The maximum absolute atomic E-state index is 13.4. The fraction of sp³-hybridized carbons (Fsp3) is 0.351. The molecule has 2 N–H and O–H groups in total. The third kappa shape index (κ3) is 6.27. The van der Waals surface area contributed by atoms with Crippen molar-refractivity contribution in [3.05, 3.63) is 98.6 Å². The van der Waals surface area contributed by atoms with E-state index in [1.54, 1.807) is 6.07 Å². The van der Waals surface area contributed by atoms with Crippen molar-refractivity contribution >= 4 is 48.6 Å². The quantitative estimate of drug-likeness (QED) is 0.162. The molecule has 264 valence electrons. The van der Waals surface area contributed by atoms with E-state index in [1.807, 2.05) is 107 Å². The van der Waals surface area contributed by atoms with E-state index in [1.165, 1.54) is 7.11 Å². The van der Waals surface area contributed by atoms with Crippen molar-refractivity contribution < 1.29 is 40.2 Å². The molecule has 0 aromatic heterocycles. The van der Waals surface area contributed by atoms with Crippen molar-refractivity contribution in [3.8, 4) is 11.5 Å². The van der Waals surface area contributed by atoms with Gasteiger partial charge in [-0.25, -0.2) is 9.37 Å². The molecule has 0 fully saturated rings. The lowest BCUT2D eigenvalue weighted by atomic mass is 9.83. The summed E-state index contributed by atoms with van der Waals surface area (Å²) in [4.78, 5) is 15.4. The van der Waals surface area contributed by atoms with Crippen molar-refractivity contribution in [2.75, 3.05) is 37.6 Å². The maximum atomic E-state index is 13.4. The van der Waals surface area contributed by atoms with Crippen LogP contribution in [0, 0.1) is 0 Å². The van der Waals surface area contributed by atoms with Gasteiger partial charge in [-0.3, -0.25) is 9.11 Å². The summed E-state index contributed by atoms with van der Waals surface area (Å²) >= 11 is 0. The average Bonchev–Trinajstić information content (AvgIpc) is 3.01. The van der Waals surface area contributed by atoms with Gasteiger partial charge < -0.3 is 14.4 Å². The first-order valence-corrected chi connectivity index (χ1v) is 19.3. The number of anilines is 1. The Bertz CT molecular complexity index is 2420. The standard InChI is InChI=1S/C37H40N2O9S2/c1-9-21-10-11-24(27(12-21)35(40)47-8)34-28-13-25-22(19-49(41,42)43)17-36(2,3)38(6)30(25)15-32(28)48-33-16-31-26(14-29(33)34)23(20-50(44,45)46)18-37(4,5)39(31)7/h10-18H,9,19-20H2,1-8H3,(H-,41,42,43,44,45,46)/p+1. The number of carbonyl (C=O) groups is 1. The highest BCUT2D eigenvalue weighted by atomic mass is 32.2. The van der Waals surface area contributed by atoms with E-state index in [9.17, 15) is 30.7 Å². The number of benzene rings is 3. The van der Waals surface area contributed by atoms with Gasteiger partial charge in [-0.2, -0.15) is 16.8 Å². The minimum absolute atomic E-state index is 0.301. The van der Waals surface area contributed by atoms with Crippen LogP contribution in [0.1, 0.15) is 72.8 Å². The summed E-state index contributed by atoms with van der Waals surface area (Å²) in [5.74, 6) is -0.885. The highest BCUT2D eigenvalue weighted by molar-refractivity contribution is 7.86. The summed E-state index contributed by atoms with van der Waals surface area (Å²) < 4.78 is 82.8. The van der Waals surface area contributed by atoms with Crippen LogP contribution in [-0.4, -0.2) is 75.7 Å². The van der Waals surface area contributed by atoms with Crippen molar-refractivity contribution in [2.24, 2.45) is 0 Å². The van der Waals surface area contributed by atoms with Crippen LogP contribution in [0.2, 0.25) is 0 Å². The monoisotopic (exact) mass is 721 g/mol. The number of ether oxygens (including phenoxy) is 2. The Morgan fingerprint density at radius 2 is 1.50 bits per heavy atom. The Morgan fingerprint density at radius 3 is 2.10 bits per heavy atom. The Morgan fingerprint density at radius 1 is 0.860 bits per heavy atom. The van der Waals surface area contributed by atoms with Crippen molar-refractivity contribution in [1.29, 1.82) is 0 Å². The van der Waals surface area contributed by atoms with Crippen molar-refractivity contribution in [3.63, 3.8) is 0 Å². The third-order valence-electron chi connectivity index (χ3n) is 10.00. The summed E-state index contributed by atoms with van der Waals surface area (Å²) in [5.41, 5.74) is 4.23. The van der Waals surface area contributed by atoms with Crippen LogP contribution in [-0.2, 0) is 31.4 Å². The van der Waals surface area contributed by atoms with E-state index < -0.39 is 48.8 Å². The average molecular weight is 722 g/mol. The molecule has 13 heteroatoms. The van der Waals surface area contributed by atoms with Gasteiger partial charge >= 0.3 is 5.97 Å². The molecule has 0 radical (unpaired) electrons. The SMILES string of the molecule is CCc1ccc(C2=c3cc4c(cc3Oc3cc5c(cc32)C(CS(=O)(=O)O)=CC(C)(C)N5C)=[N+](C)C(C)(C)C=C4CS(=O)(=O)O)c(C(=O)OC)c1. The number of esters is 1. The third-order valence-corrected chi connectivity index (χ3v) is 11.3. The summed E-state index contributed by atoms with van der Waals surface area (Å²) in [6, 6.07) is 12.8. The molecule has 3 aliphatic heterocycles. The van der Waals surface area contributed by atoms with E-state index in [-0.39, 0.29) is 0 Å². The zero-order chi connectivity index (χ0) is 36.7. The summed E-state index contributed by atoms with van der Waals surface area (Å²) in [7, 11) is -3.73. The van der Waals surface area contributed by atoms with E-state index in [4.69, 9.17) is 9.47 Å². The Kier molecular flexibility index (Phi) is 8.45. The second-order valence-electron chi connectivity index (χ2n) is 14.2. The Labute approximate surface area is 292 Å². The van der Waals surface area contributed by atoms with Gasteiger partial charge in [0.2, 0.25) is 5.36 Å². The second kappa shape index (κ2) is 11.9. The Hall–Kier alpha value is -4.30. The highest BCUT2D eigenvalue weighted by Crippen LogP contribution is 2.46. The van der Waals surface area contributed by atoms with Crippen molar-refractivity contribution in [1.82, 2.24) is 4.58 Å². The molecule has 0 spiro atoms. The molecule has 3 aromatic carbocycles. The van der Waals surface area contributed by atoms with E-state index >= 15 is 0 Å². The van der Waals surface area contributed by atoms with Crippen LogP contribution in [0.25, 0.3) is 16.7 Å². The predicted molar refractivity (Wildman–Crippen MR) is 193 cm³/mol. The fourth-order valence-corrected chi connectivity index (χ4v) is 8.35. The number of rotatable bonds is 7. The molecule has 3 aromatic rings. The molecule has 0 atom stereocenters. The van der Waals surface area contributed by atoms with Gasteiger partial charge in [0.25, 0.3) is 20.2 Å². The van der Waals surface area contributed by atoms with Gasteiger partial charge in [0, 0.05) is 54.6 Å². The second-order valence-corrected chi connectivity index (χ2v) is 17.1. The zero-order valence-electron chi connectivity index (χ0n) is 29.3. The van der Waals surface area contributed by atoms with Crippen LogP contribution in [0.15, 0.2) is 54.6 Å². The lowest BCUT2D eigenvalue weighted by Crippen LogP contribution is -2.47. The van der Waals surface area contributed by atoms with E-state index in [0.717, 1.165) is 5.56 Å². The Balaban J connectivity index is 1.78. The first kappa shape index (κ1) is 35.5. The predicted octanol–water partition coefficient (Wildman–Crippen LogP) is 4.07. The van der Waals surface area contributed by atoms with Gasteiger partial charge in [-0.05, 0) is 66.8 Å². The van der Waals surface area contributed by atoms with E-state index in [2.05, 4.69) is 0 Å². The molecular formula is C37H41N2O9S2+. The number of methoxy groups -OCH3 is 1. The normalized spacial score (nSPS) is 17.4. The number of hydrogen-bond acceptors (Lipinski definition) is 8. The largest absolute Gasteiger partial charge is 0.465 e. The van der Waals surface area contributed by atoms with Gasteiger partial charge in [0.1, 0.15) is 30.1 Å². The minimum Gasteiger partial charge on any atom is -0.465 e. The van der Waals surface area contributed by atoms with Gasteiger partial charge in [0.05, 0.1) is 29.8 Å². The molecular weight excluding hydrogens is 681 g/mol. The lowest BCUT2D eigenvalue weighted by Gasteiger charge is -2.41. The number of nitrogens with zero attached hydrogens (tertiary/aromatic N) is 2. The molecule has 3 aliphatic rings. The smallest absolute Gasteiger partial charge is 0.338 e. The molecule has 0 saturated heterocycles. The zero-order valence-corrected chi connectivity index (χ0v) is 30.9. The molecule has 0 amide bonds. The molecule has 0 unspecified atom stereocenters. The molecule has 0 saturated carbocycles. The summed E-state index contributed by atoms with van der Waals surface area (Å²) in [5, 5.41) is 1.23. The van der Waals surface area contributed by atoms with Crippen molar-refractivity contribution in [2.45, 2.75) is 52.1 Å². The van der Waals surface area contributed by atoms with Crippen LogP contribution in [0.5, 0.6) is 11.5 Å². The fourth-order valence-electron chi connectivity index (χ4n) is 7.08. The lowest BCUT2D eigenvalue weighted by molar-refractivity contribution is 0.0600. The molecule has 0 aliphatic carbocycles. The highest BCUT2D eigenvalue weighted by Gasteiger charge is 2.37. The van der Waals surface area contributed by atoms with Gasteiger partial charge in [0.15, 0.2) is 5.54 Å². The number of hydrogen-bond donors (Lipinski definition) is 2. The van der Waals surface area contributed by atoms with Crippen LogP contribution >= 0.6 is 0 Å². The topological polar surface area (TPSA) is 151 Å². The molecule has 6 rings (SSSR count). The summed E-state index contributed by atoms with van der Waals surface area (Å²) in [6.07, 6.45) is 4.28. The maximum Gasteiger partial charge on any atom is 0.338 e. The number of likely N-dealkylation sites (N-methyl/N-ethyl adjacent to an activating group) is 2. The molecule has 50 heavy (non-hydrogen) atoms. The molecule has 11 nitrogen and oxygen atoms in total.